The van der Waals surface area contributed by atoms with E-state index in [2.05, 4.69) is 10.1 Å². The Balaban J connectivity index is 2.21. The SMILES string of the molecule is COC(=O)C(C#N)[C@@H](CC(=O)NC(=O)c1ccccc1)c1ccc(Cl)cc1. The van der Waals surface area contributed by atoms with Crippen LogP contribution in [0.1, 0.15) is 28.3 Å². The van der Waals surface area contributed by atoms with Gasteiger partial charge in [-0.3, -0.25) is 19.7 Å². The van der Waals surface area contributed by atoms with E-state index in [1.165, 1.54) is 7.11 Å². The summed E-state index contributed by atoms with van der Waals surface area (Å²) in [6.45, 7) is 0. The van der Waals surface area contributed by atoms with Gasteiger partial charge in [-0.25, -0.2) is 0 Å². The number of carbonyl (C=O) groups is 3. The fraction of sp³-hybridized carbons (Fsp3) is 0.200. The van der Waals surface area contributed by atoms with Crippen molar-refractivity contribution in [1.82, 2.24) is 5.32 Å². The molecule has 2 aromatic rings. The minimum Gasteiger partial charge on any atom is -0.468 e. The Morgan fingerprint density at radius 2 is 1.74 bits per heavy atom. The number of ether oxygens (including phenoxy) is 1. The summed E-state index contributed by atoms with van der Waals surface area (Å²) in [7, 11) is 1.17. The van der Waals surface area contributed by atoms with E-state index in [0.717, 1.165) is 0 Å². The molecule has 0 aliphatic carbocycles. The van der Waals surface area contributed by atoms with E-state index in [1.54, 1.807) is 54.6 Å². The molecule has 0 saturated carbocycles. The highest BCUT2D eigenvalue weighted by atomic mass is 35.5. The molecule has 6 nitrogen and oxygen atoms in total. The first-order chi connectivity index (χ1) is 13.0. The largest absolute Gasteiger partial charge is 0.468 e. The second-order valence-electron chi connectivity index (χ2n) is 5.74. The molecule has 2 rings (SSSR count). The average Bonchev–Trinajstić information content (AvgIpc) is 2.68. The number of esters is 1. The van der Waals surface area contributed by atoms with Crippen LogP contribution in [0.25, 0.3) is 0 Å². The molecule has 2 amide bonds. The molecule has 0 spiro atoms. The molecule has 138 valence electrons. The molecule has 0 radical (unpaired) electrons. The van der Waals surface area contributed by atoms with Gasteiger partial charge in [0.15, 0.2) is 5.92 Å². The highest BCUT2D eigenvalue weighted by Crippen LogP contribution is 2.30. The standard InChI is InChI=1S/C20H17ClN2O4/c1-27-20(26)17(12-22)16(13-7-9-15(21)10-8-13)11-18(24)23-19(25)14-5-3-2-4-6-14/h2-10,16-17H,11H2,1H3,(H,23,24,25)/t16-,17?/m0/s1. The van der Waals surface area contributed by atoms with Crippen LogP contribution in [-0.2, 0) is 14.3 Å². The van der Waals surface area contributed by atoms with E-state index in [1.807, 2.05) is 6.07 Å². The fourth-order valence-electron chi connectivity index (χ4n) is 2.61. The summed E-state index contributed by atoms with van der Waals surface area (Å²) in [4.78, 5) is 36.5. The van der Waals surface area contributed by atoms with Crippen molar-refractivity contribution in [1.29, 1.82) is 5.26 Å². The van der Waals surface area contributed by atoms with Gasteiger partial charge in [-0.2, -0.15) is 5.26 Å². The van der Waals surface area contributed by atoms with Crippen molar-refractivity contribution >= 4 is 29.4 Å². The van der Waals surface area contributed by atoms with Crippen LogP contribution in [0.5, 0.6) is 0 Å². The molecule has 7 heteroatoms. The summed E-state index contributed by atoms with van der Waals surface area (Å²) >= 11 is 5.88. The molecule has 0 heterocycles. The molecule has 1 unspecified atom stereocenters. The van der Waals surface area contributed by atoms with Gasteiger partial charge in [0.25, 0.3) is 5.91 Å². The number of benzene rings is 2. The molecule has 0 saturated heterocycles. The summed E-state index contributed by atoms with van der Waals surface area (Å²) in [5.74, 6) is -3.90. The number of amides is 2. The smallest absolute Gasteiger partial charge is 0.323 e. The predicted octanol–water partition coefficient (Wildman–Crippen LogP) is 3.08. The zero-order valence-electron chi connectivity index (χ0n) is 14.5. The number of nitrogens with one attached hydrogen (secondary N) is 1. The number of methoxy groups -OCH3 is 1. The van der Waals surface area contributed by atoms with Gasteiger partial charge in [0.05, 0.1) is 13.2 Å². The first-order valence-electron chi connectivity index (χ1n) is 8.08. The topological polar surface area (TPSA) is 96.3 Å². The molecule has 0 aliphatic rings. The van der Waals surface area contributed by atoms with Gasteiger partial charge in [-0.05, 0) is 29.8 Å². The maximum Gasteiger partial charge on any atom is 0.323 e. The Morgan fingerprint density at radius 1 is 1.11 bits per heavy atom. The zero-order chi connectivity index (χ0) is 19.8. The van der Waals surface area contributed by atoms with Crippen LogP contribution in [0.4, 0.5) is 0 Å². The Labute approximate surface area is 161 Å². The van der Waals surface area contributed by atoms with Crippen molar-refractivity contribution in [3.63, 3.8) is 0 Å². The molecule has 1 N–H and O–H groups in total. The summed E-state index contributed by atoms with van der Waals surface area (Å²) in [6, 6.07) is 16.6. The molecule has 27 heavy (non-hydrogen) atoms. The Kier molecular flexibility index (Phi) is 7.09. The lowest BCUT2D eigenvalue weighted by atomic mass is 9.84. The van der Waals surface area contributed by atoms with Gasteiger partial charge < -0.3 is 4.74 Å². The van der Waals surface area contributed by atoms with Crippen molar-refractivity contribution in [3.05, 3.63) is 70.7 Å². The van der Waals surface area contributed by atoms with Crippen molar-refractivity contribution in [2.75, 3.05) is 7.11 Å². The van der Waals surface area contributed by atoms with Crippen LogP contribution in [0.15, 0.2) is 54.6 Å². The van der Waals surface area contributed by atoms with Gasteiger partial charge in [-0.15, -0.1) is 0 Å². The Hall–Kier alpha value is -3.17. The highest BCUT2D eigenvalue weighted by molar-refractivity contribution is 6.30. The molecule has 0 bridgehead atoms. The van der Waals surface area contributed by atoms with Crippen molar-refractivity contribution in [2.24, 2.45) is 5.92 Å². The highest BCUT2D eigenvalue weighted by Gasteiger charge is 2.32. The molecule has 2 aromatic carbocycles. The number of nitrogens with zero attached hydrogens (tertiary/aromatic N) is 1. The lowest BCUT2D eigenvalue weighted by Gasteiger charge is -2.20. The second kappa shape index (κ2) is 9.51. The Morgan fingerprint density at radius 3 is 2.30 bits per heavy atom. The van der Waals surface area contributed by atoms with Crippen molar-refractivity contribution in [2.45, 2.75) is 12.3 Å². The van der Waals surface area contributed by atoms with Gasteiger partial charge in [0.2, 0.25) is 5.91 Å². The number of halogens is 1. The fourth-order valence-corrected chi connectivity index (χ4v) is 2.74. The van der Waals surface area contributed by atoms with Crippen LogP contribution >= 0.6 is 11.6 Å². The van der Waals surface area contributed by atoms with E-state index in [0.29, 0.717) is 16.1 Å². The number of hydrogen-bond acceptors (Lipinski definition) is 5. The van der Waals surface area contributed by atoms with Crippen molar-refractivity contribution in [3.8, 4) is 6.07 Å². The van der Waals surface area contributed by atoms with Gasteiger partial charge >= 0.3 is 5.97 Å². The predicted molar refractivity (Wildman–Crippen MR) is 98.8 cm³/mol. The van der Waals surface area contributed by atoms with Gasteiger partial charge in [0, 0.05) is 22.9 Å². The van der Waals surface area contributed by atoms with E-state index >= 15 is 0 Å². The van der Waals surface area contributed by atoms with E-state index < -0.39 is 29.6 Å². The normalized spacial score (nSPS) is 12.3. The second-order valence-corrected chi connectivity index (χ2v) is 6.17. The molecule has 2 atom stereocenters. The molecule has 0 aliphatic heterocycles. The maximum absolute atomic E-state index is 12.4. The first kappa shape index (κ1) is 20.1. The summed E-state index contributed by atoms with van der Waals surface area (Å²) in [6.07, 6.45) is -0.243. The number of hydrogen-bond donors (Lipinski definition) is 1. The van der Waals surface area contributed by atoms with Gasteiger partial charge in [-0.1, -0.05) is 41.9 Å². The minimum absolute atomic E-state index is 0.243. The molecule has 0 aromatic heterocycles. The monoisotopic (exact) mass is 384 g/mol. The molecular formula is C20H17ClN2O4. The summed E-state index contributed by atoms with van der Waals surface area (Å²) in [5.41, 5.74) is 0.900. The van der Waals surface area contributed by atoms with Gasteiger partial charge in [0.1, 0.15) is 0 Å². The third-order valence-electron chi connectivity index (χ3n) is 3.99. The number of nitriles is 1. The zero-order valence-corrected chi connectivity index (χ0v) is 15.3. The Bertz CT molecular complexity index is 860. The number of rotatable bonds is 6. The van der Waals surface area contributed by atoms with E-state index in [4.69, 9.17) is 11.6 Å². The first-order valence-corrected chi connectivity index (χ1v) is 8.46. The van der Waals surface area contributed by atoms with Crippen LogP contribution in [0.2, 0.25) is 5.02 Å². The van der Waals surface area contributed by atoms with Crippen LogP contribution in [0.3, 0.4) is 0 Å². The third kappa shape index (κ3) is 5.40. The lowest BCUT2D eigenvalue weighted by Crippen LogP contribution is -2.34. The van der Waals surface area contributed by atoms with E-state index in [9.17, 15) is 19.6 Å². The third-order valence-corrected chi connectivity index (χ3v) is 4.24. The number of imide groups is 1. The van der Waals surface area contributed by atoms with Crippen LogP contribution < -0.4 is 5.32 Å². The maximum atomic E-state index is 12.4. The van der Waals surface area contributed by atoms with Crippen LogP contribution in [0, 0.1) is 17.2 Å². The summed E-state index contributed by atoms with van der Waals surface area (Å²) < 4.78 is 4.68. The summed E-state index contributed by atoms with van der Waals surface area (Å²) in [5, 5.41) is 12.2. The molecule has 0 fully saturated rings. The van der Waals surface area contributed by atoms with E-state index in [-0.39, 0.29) is 6.42 Å². The average molecular weight is 385 g/mol. The quantitative estimate of drug-likeness (QED) is 0.772. The lowest BCUT2D eigenvalue weighted by molar-refractivity contribution is -0.144. The van der Waals surface area contributed by atoms with Crippen LogP contribution in [-0.4, -0.2) is 24.9 Å². The minimum atomic E-state index is -1.20. The molecular weight excluding hydrogens is 368 g/mol. The number of carbonyl (C=O) groups excluding carboxylic acids is 3. The van der Waals surface area contributed by atoms with Crippen molar-refractivity contribution < 1.29 is 19.1 Å².